The lowest BCUT2D eigenvalue weighted by molar-refractivity contribution is 0.515. The zero-order chi connectivity index (χ0) is 10.3. The van der Waals surface area contributed by atoms with E-state index >= 15 is 0 Å². The molecule has 0 radical (unpaired) electrons. The van der Waals surface area contributed by atoms with E-state index < -0.39 is 11.6 Å². The van der Waals surface area contributed by atoms with E-state index in [1.54, 1.807) is 0 Å². The van der Waals surface area contributed by atoms with Crippen molar-refractivity contribution in [3.8, 4) is 0 Å². The lowest BCUT2D eigenvalue weighted by Crippen LogP contribution is -2.05. The molecule has 1 aromatic heterocycles. The number of fused-ring (bicyclic) bond motifs is 1. The molecule has 2 aromatic rings. The molecule has 1 aromatic carbocycles. The summed E-state index contributed by atoms with van der Waals surface area (Å²) in [4.78, 5) is 13.9. The van der Waals surface area contributed by atoms with Gasteiger partial charge in [0, 0.05) is 11.6 Å². The average molecular weight is 260 g/mol. The van der Waals surface area contributed by atoms with Gasteiger partial charge < -0.3 is 4.98 Å². The van der Waals surface area contributed by atoms with Crippen LogP contribution >= 0.6 is 15.9 Å². The van der Waals surface area contributed by atoms with Crippen LogP contribution in [0, 0.1) is 11.6 Å². The standard InChI is InChI=1S/C9H4BrF2NO/c10-5-3-13-8-4(9(5)14)1-2-6(11)7(8)12/h1-3H,(H,13,14). The summed E-state index contributed by atoms with van der Waals surface area (Å²) in [7, 11) is 0. The van der Waals surface area contributed by atoms with Gasteiger partial charge in [0.25, 0.3) is 0 Å². The topological polar surface area (TPSA) is 32.9 Å². The Morgan fingerprint density at radius 1 is 1.29 bits per heavy atom. The number of hydrogen-bond donors (Lipinski definition) is 1. The monoisotopic (exact) mass is 259 g/mol. The van der Waals surface area contributed by atoms with Crippen molar-refractivity contribution in [2.75, 3.05) is 0 Å². The maximum absolute atomic E-state index is 13.1. The molecule has 1 N–H and O–H groups in total. The van der Waals surface area contributed by atoms with Crippen LogP contribution in [0.5, 0.6) is 0 Å². The van der Waals surface area contributed by atoms with Gasteiger partial charge in [-0.3, -0.25) is 4.79 Å². The Bertz CT molecular complexity index is 564. The minimum atomic E-state index is -1.04. The Balaban J connectivity index is 3.02. The van der Waals surface area contributed by atoms with E-state index in [2.05, 4.69) is 20.9 Å². The average Bonchev–Trinajstić information content (AvgIpc) is 2.17. The van der Waals surface area contributed by atoms with Gasteiger partial charge in [0.1, 0.15) is 0 Å². The number of rotatable bonds is 0. The second-order valence-electron chi connectivity index (χ2n) is 2.75. The molecule has 0 unspecified atom stereocenters. The summed E-state index contributed by atoms with van der Waals surface area (Å²) in [6.45, 7) is 0. The third-order valence-electron chi connectivity index (χ3n) is 1.90. The van der Waals surface area contributed by atoms with Crippen LogP contribution < -0.4 is 5.43 Å². The Morgan fingerprint density at radius 2 is 2.00 bits per heavy atom. The molecule has 0 amide bonds. The van der Waals surface area contributed by atoms with Crippen LogP contribution in [0.3, 0.4) is 0 Å². The van der Waals surface area contributed by atoms with Gasteiger partial charge in [-0.1, -0.05) is 0 Å². The molecular formula is C9H4BrF2NO. The second-order valence-corrected chi connectivity index (χ2v) is 3.60. The van der Waals surface area contributed by atoms with Crippen LogP contribution in [0.2, 0.25) is 0 Å². The van der Waals surface area contributed by atoms with E-state index in [0.717, 1.165) is 6.07 Å². The van der Waals surface area contributed by atoms with E-state index in [4.69, 9.17) is 0 Å². The highest BCUT2D eigenvalue weighted by molar-refractivity contribution is 9.10. The molecule has 5 heteroatoms. The molecule has 2 rings (SSSR count). The van der Waals surface area contributed by atoms with Crippen molar-refractivity contribution in [3.63, 3.8) is 0 Å². The fourth-order valence-corrected chi connectivity index (χ4v) is 1.54. The summed E-state index contributed by atoms with van der Waals surface area (Å²) in [6.07, 6.45) is 1.28. The quantitative estimate of drug-likeness (QED) is 0.775. The highest BCUT2D eigenvalue weighted by Gasteiger charge is 2.10. The molecule has 2 nitrogen and oxygen atoms in total. The summed E-state index contributed by atoms with van der Waals surface area (Å²) >= 11 is 3.00. The van der Waals surface area contributed by atoms with Gasteiger partial charge in [-0.25, -0.2) is 8.78 Å². The van der Waals surface area contributed by atoms with Crippen LogP contribution in [0.4, 0.5) is 8.78 Å². The minimum absolute atomic E-state index is 0.113. The van der Waals surface area contributed by atoms with Crippen molar-refractivity contribution in [2.45, 2.75) is 0 Å². The number of H-pyrrole nitrogens is 1. The van der Waals surface area contributed by atoms with Crippen LogP contribution in [0.1, 0.15) is 0 Å². The SMILES string of the molecule is O=c1c(Br)c[nH]c2c(F)c(F)ccc12. The number of aromatic amines is 1. The summed E-state index contributed by atoms with van der Waals surface area (Å²) in [5.74, 6) is -2.01. The molecular weight excluding hydrogens is 256 g/mol. The first kappa shape index (κ1) is 9.33. The lowest BCUT2D eigenvalue weighted by Gasteiger charge is -2.00. The van der Waals surface area contributed by atoms with Crippen molar-refractivity contribution in [2.24, 2.45) is 0 Å². The third-order valence-corrected chi connectivity index (χ3v) is 2.49. The summed E-state index contributed by atoms with van der Waals surface area (Å²) in [5.41, 5.74) is -0.476. The molecule has 0 saturated heterocycles. The van der Waals surface area contributed by atoms with Crippen LogP contribution in [-0.4, -0.2) is 4.98 Å². The zero-order valence-electron chi connectivity index (χ0n) is 6.77. The Hall–Kier alpha value is -1.23. The van der Waals surface area contributed by atoms with E-state index in [9.17, 15) is 13.6 Å². The Kier molecular flexibility index (Phi) is 2.11. The van der Waals surface area contributed by atoms with Crippen LogP contribution in [-0.2, 0) is 0 Å². The van der Waals surface area contributed by atoms with E-state index in [-0.39, 0.29) is 20.8 Å². The lowest BCUT2D eigenvalue weighted by atomic mass is 10.2. The molecule has 72 valence electrons. The molecule has 0 bridgehead atoms. The Morgan fingerprint density at radius 3 is 2.71 bits per heavy atom. The number of aromatic nitrogens is 1. The van der Waals surface area contributed by atoms with Crippen LogP contribution in [0.25, 0.3) is 10.9 Å². The molecule has 0 fully saturated rings. The fraction of sp³-hybridized carbons (Fsp3) is 0. The van der Waals surface area contributed by atoms with Gasteiger partial charge in [0.2, 0.25) is 5.43 Å². The van der Waals surface area contributed by atoms with E-state index in [1.165, 1.54) is 12.3 Å². The van der Waals surface area contributed by atoms with Crippen molar-refractivity contribution >= 4 is 26.8 Å². The van der Waals surface area contributed by atoms with Crippen LogP contribution in [0.15, 0.2) is 27.6 Å². The minimum Gasteiger partial charge on any atom is -0.357 e. The van der Waals surface area contributed by atoms with Gasteiger partial charge in [-0.05, 0) is 28.1 Å². The molecule has 0 aliphatic rings. The smallest absolute Gasteiger partial charge is 0.203 e. The second kappa shape index (κ2) is 3.16. The zero-order valence-corrected chi connectivity index (χ0v) is 8.36. The first-order valence-electron chi connectivity index (χ1n) is 3.76. The van der Waals surface area contributed by atoms with Gasteiger partial charge in [0.15, 0.2) is 11.6 Å². The van der Waals surface area contributed by atoms with E-state index in [0.29, 0.717) is 0 Å². The van der Waals surface area contributed by atoms with Gasteiger partial charge >= 0.3 is 0 Å². The maximum atomic E-state index is 13.1. The predicted octanol–water partition coefficient (Wildman–Crippen LogP) is 2.57. The number of nitrogens with one attached hydrogen (secondary N) is 1. The third kappa shape index (κ3) is 1.24. The van der Waals surface area contributed by atoms with Gasteiger partial charge in [0.05, 0.1) is 9.99 Å². The predicted molar refractivity (Wildman–Crippen MR) is 52.2 cm³/mol. The molecule has 0 saturated carbocycles. The molecule has 0 aliphatic carbocycles. The Labute approximate surface area is 85.7 Å². The van der Waals surface area contributed by atoms with Crippen molar-refractivity contribution in [1.29, 1.82) is 0 Å². The molecule has 0 aliphatic heterocycles. The number of pyridine rings is 1. The first-order chi connectivity index (χ1) is 6.61. The number of halogens is 3. The highest BCUT2D eigenvalue weighted by Crippen LogP contribution is 2.16. The first-order valence-corrected chi connectivity index (χ1v) is 4.55. The fourth-order valence-electron chi connectivity index (χ4n) is 1.21. The highest BCUT2D eigenvalue weighted by atomic mass is 79.9. The molecule has 1 heterocycles. The molecule has 0 spiro atoms. The van der Waals surface area contributed by atoms with Crippen molar-refractivity contribution in [1.82, 2.24) is 4.98 Å². The van der Waals surface area contributed by atoms with Gasteiger partial charge in [-0.2, -0.15) is 0 Å². The summed E-state index contributed by atoms with van der Waals surface area (Å²) in [5, 5.41) is 0.123. The van der Waals surface area contributed by atoms with Gasteiger partial charge in [-0.15, -0.1) is 0 Å². The number of hydrogen-bond acceptors (Lipinski definition) is 1. The van der Waals surface area contributed by atoms with Crippen molar-refractivity contribution in [3.05, 3.63) is 44.7 Å². The normalized spacial score (nSPS) is 10.8. The number of benzene rings is 1. The maximum Gasteiger partial charge on any atom is 0.203 e. The summed E-state index contributed by atoms with van der Waals surface area (Å²) < 4.78 is 26.2. The largest absolute Gasteiger partial charge is 0.357 e. The summed E-state index contributed by atoms with van der Waals surface area (Å²) in [6, 6.07) is 2.18. The van der Waals surface area contributed by atoms with Crippen molar-refractivity contribution < 1.29 is 8.78 Å². The molecule has 14 heavy (non-hydrogen) atoms. The molecule has 0 atom stereocenters. The van der Waals surface area contributed by atoms with E-state index in [1.807, 2.05) is 0 Å².